The van der Waals surface area contributed by atoms with Crippen molar-refractivity contribution >= 4 is 51.4 Å². The Labute approximate surface area is 279 Å². The van der Waals surface area contributed by atoms with Crippen molar-refractivity contribution in [2.45, 2.75) is 40.4 Å². The van der Waals surface area contributed by atoms with Crippen LogP contribution in [0.15, 0.2) is 103 Å². The molecule has 0 saturated heterocycles. The van der Waals surface area contributed by atoms with Crippen molar-refractivity contribution in [1.29, 1.82) is 5.26 Å². The minimum atomic E-state index is -1.33. The molecule has 0 bridgehead atoms. The van der Waals surface area contributed by atoms with Crippen LogP contribution in [0.2, 0.25) is 19.6 Å². The van der Waals surface area contributed by atoms with Gasteiger partial charge in [0, 0.05) is 38.1 Å². The zero-order chi connectivity index (χ0) is 31.6. The summed E-state index contributed by atoms with van der Waals surface area (Å²) in [5, 5.41) is 26.2. The molecule has 5 aromatic carbocycles. The van der Waals surface area contributed by atoms with Crippen molar-refractivity contribution in [1.82, 2.24) is 4.98 Å². The first-order valence-corrected chi connectivity index (χ1v) is 18.1. The summed E-state index contributed by atoms with van der Waals surface area (Å²) in [5.41, 5.74) is 6.14. The van der Waals surface area contributed by atoms with Crippen LogP contribution >= 0.6 is 0 Å². The molecule has 0 aliphatic carbocycles. The molecule has 6 heteroatoms. The van der Waals surface area contributed by atoms with E-state index in [0.29, 0.717) is 5.56 Å². The number of aromatic nitrogens is 1. The number of ketones is 1. The summed E-state index contributed by atoms with van der Waals surface area (Å²) in [6.07, 6.45) is 3.03. The standard InChI is InChI=1S/C34H27N2Si.C5H8O2.Ir/c1-22-28(23-9-11-27(12-10-23)37(2,3)4)13-15-31-29(22)14-16-33-32(31)17-18-36-34(33)25-19-24-7-5-6-8-30(24)26(20-25)21-35;1-4(6)3-5(2)7;/h5-18,20H,1-4H3;3,6H,1-2H3;/q-1;;/b;4-3-;. The van der Waals surface area contributed by atoms with Crippen molar-refractivity contribution in [3.63, 3.8) is 0 Å². The summed E-state index contributed by atoms with van der Waals surface area (Å²) in [4.78, 5) is 14.8. The quantitative estimate of drug-likeness (QED) is 0.0636. The third-order valence-corrected chi connectivity index (χ3v) is 9.90. The Bertz CT molecular complexity index is 2120. The van der Waals surface area contributed by atoms with E-state index in [1.54, 1.807) is 0 Å². The Morgan fingerprint density at radius 3 is 2.13 bits per heavy atom. The first-order valence-electron chi connectivity index (χ1n) is 14.6. The van der Waals surface area contributed by atoms with Gasteiger partial charge >= 0.3 is 0 Å². The maximum absolute atomic E-state index is 10.0. The number of carbonyl (C=O) groups excluding carboxylic acids is 1. The fraction of sp³-hybridized carbons (Fsp3) is 0.154. The first kappa shape index (κ1) is 33.5. The molecule has 6 aromatic rings. The number of aryl methyl sites for hydroxylation is 1. The van der Waals surface area contributed by atoms with E-state index in [2.05, 4.69) is 93.3 Å². The smallest absolute Gasteiger partial charge is 0.155 e. The summed E-state index contributed by atoms with van der Waals surface area (Å²) in [7, 11) is -1.33. The fourth-order valence-electron chi connectivity index (χ4n) is 5.64. The Kier molecular flexibility index (Phi) is 10.2. The third-order valence-electron chi connectivity index (χ3n) is 7.84. The summed E-state index contributed by atoms with van der Waals surface area (Å²) in [6, 6.07) is 35.8. The van der Waals surface area contributed by atoms with Crippen molar-refractivity contribution < 1.29 is 30.0 Å². The average molecular weight is 784 g/mol. The van der Waals surface area contributed by atoms with Crippen LogP contribution in [0, 0.1) is 24.3 Å². The van der Waals surface area contributed by atoms with Gasteiger partial charge in [-0.05, 0) is 70.6 Å². The van der Waals surface area contributed by atoms with Gasteiger partial charge in [-0.15, -0.1) is 23.6 Å². The van der Waals surface area contributed by atoms with Gasteiger partial charge in [0.25, 0.3) is 0 Å². The summed E-state index contributed by atoms with van der Waals surface area (Å²) < 4.78 is 0. The number of allylic oxidation sites excluding steroid dienone is 2. The largest absolute Gasteiger partial charge is 0.512 e. The molecule has 1 heterocycles. The molecule has 0 saturated carbocycles. The number of aliphatic hydroxyl groups excluding tert-OH is 1. The predicted octanol–water partition coefficient (Wildman–Crippen LogP) is 9.44. The number of nitrogens with zero attached hydrogens (tertiary/aromatic N) is 2. The molecular formula is C39H35IrN2O2Si-. The van der Waals surface area contributed by atoms with E-state index >= 15 is 0 Å². The van der Waals surface area contributed by atoms with Crippen LogP contribution in [0.5, 0.6) is 0 Å². The number of benzene rings is 5. The van der Waals surface area contributed by atoms with Crippen LogP contribution < -0.4 is 5.19 Å². The fourth-order valence-corrected chi connectivity index (χ4v) is 6.81. The zero-order valence-electron chi connectivity index (χ0n) is 26.3. The van der Waals surface area contributed by atoms with Crippen LogP contribution in [-0.2, 0) is 24.9 Å². The van der Waals surface area contributed by atoms with Crippen molar-refractivity contribution in [2.75, 3.05) is 0 Å². The molecule has 227 valence electrons. The maximum atomic E-state index is 10.0. The molecule has 0 aliphatic rings. The van der Waals surface area contributed by atoms with Crippen molar-refractivity contribution in [2.24, 2.45) is 0 Å². The number of carbonyl (C=O) groups is 1. The molecule has 0 amide bonds. The van der Waals surface area contributed by atoms with E-state index in [-0.39, 0.29) is 31.6 Å². The molecule has 0 fully saturated rings. The van der Waals surface area contributed by atoms with Crippen LogP contribution in [-0.4, -0.2) is 23.9 Å². The molecule has 0 unspecified atom stereocenters. The number of fused-ring (bicyclic) bond motifs is 4. The average Bonchev–Trinajstić information content (AvgIpc) is 2.99. The topological polar surface area (TPSA) is 74.0 Å². The molecule has 1 aromatic heterocycles. The molecular weight excluding hydrogens is 749 g/mol. The number of rotatable bonds is 4. The number of nitriles is 1. The van der Waals surface area contributed by atoms with E-state index in [4.69, 9.17) is 10.1 Å². The van der Waals surface area contributed by atoms with Crippen LogP contribution in [0.1, 0.15) is 25.0 Å². The Morgan fingerprint density at radius 1 is 0.867 bits per heavy atom. The molecule has 4 nitrogen and oxygen atoms in total. The van der Waals surface area contributed by atoms with Crippen molar-refractivity contribution in [3.05, 3.63) is 120 Å². The van der Waals surface area contributed by atoms with Gasteiger partial charge in [-0.2, -0.15) is 5.26 Å². The van der Waals surface area contributed by atoms with Crippen molar-refractivity contribution in [3.8, 4) is 28.5 Å². The number of hydrogen-bond acceptors (Lipinski definition) is 4. The zero-order valence-corrected chi connectivity index (χ0v) is 29.7. The van der Waals surface area contributed by atoms with Crippen LogP contribution in [0.3, 0.4) is 0 Å². The van der Waals surface area contributed by atoms with E-state index in [9.17, 15) is 10.1 Å². The molecule has 1 radical (unpaired) electrons. The Hall–Kier alpha value is -4.40. The monoisotopic (exact) mass is 784 g/mol. The second-order valence-corrected chi connectivity index (χ2v) is 17.2. The summed E-state index contributed by atoms with van der Waals surface area (Å²) in [5.74, 6) is -0.0625. The van der Waals surface area contributed by atoms with Crippen LogP contribution in [0.4, 0.5) is 0 Å². The predicted molar refractivity (Wildman–Crippen MR) is 186 cm³/mol. The molecule has 6 rings (SSSR count). The van der Waals surface area contributed by atoms with Gasteiger partial charge < -0.3 is 5.11 Å². The SMILES string of the molecule is CC(=O)/C=C(/C)O.Cc1c(-c2ccc([Si](C)(C)C)cc2)ccc2c1ccc1c(-c3[c-]c4ccccc4c(C#N)c3)nccc12.[Ir]. The molecule has 45 heavy (non-hydrogen) atoms. The van der Waals surface area contributed by atoms with Gasteiger partial charge in [0.1, 0.15) is 0 Å². The molecule has 1 N–H and O–H groups in total. The third kappa shape index (κ3) is 7.13. The van der Waals surface area contributed by atoms with Gasteiger partial charge in [-0.25, -0.2) is 0 Å². The number of hydrogen-bond donors (Lipinski definition) is 1. The van der Waals surface area contributed by atoms with E-state index < -0.39 is 8.07 Å². The van der Waals surface area contributed by atoms with E-state index in [1.165, 1.54) is 52.6 Å². The second-order valence-electron chi connectivity index (χ2n) is 12.1. The Morgan fingerprint density at radius 2 is 1.51 bits per heavy atom. The van der Waals surface area contributed by atoms with E-state index in [1.807, 2.05) is 36.5 Å². The van der Waals surface area contributed by atoms with Gasteiger partial charge in [-0.3, -0.25) is 9.78 Å². The van der Waals surface area contributed by atoms with Gasteiger partial charge in [0.2, 0.25) is 0 Å². The number of pyridine rings is 1. The van der Waals surface area contributed by atoms with Gasteiger partial charge in [0.15, 0.2) is 5.78 Å². The van der Waals surface area contributed by atoms with Crippen LogP contribution in [0.25, 0.3) is 54.7 Å². The second kappa shape index (κ2) is 13.7. The molecule has 0 aliphatic heterocycles. The summed E-state index contributed by atoms with van der Waals surface area (Å²) >= 11 is 0. The molecule has 0 atom stereocenters. The maximum Gasteiger partial charge on any atom is 0.155 e. The molecule has 0 spiro atoms. The Balaban J connectivity index is 0.000000519. The summed E-state index contributed by atoms with van der Waals surface area (Å²) in [6.45, 7) is 12.2. The minimum Gasteiger partial charge on any atom is -0.512 e. The van der Waals surface area contributed by atoms with E-state index in [0.717, 1.165) is 32.8 Å². The first-order chi connectivity index (χ1) is 21.0. The normalized spacial score (nSPS) is 11.4. The van der Waals surface area contributed by atoms with Gasteiger partial charge in [0.05, 0.1) is 19.9 Å². The van der Waals surface area contributed by atoms with Gasteiger partial charge in [-0.1, -0.05) is 103 Å². The minimum absolute atomic E-state index is 0. The number of aliphatic hydroxyl groups is 1.